The first kappa shape index (κ1) is 18.5. The van der Waals surface area contributed by atoms with E-state index >= 15 is 0 Å². The molecule has 126 valence electrons. The van der Waals surface area contributed by atoms with E-state index in [4.69, 9.17) is 9.47 Å². The summed E-state index contributed by atoms with van der Waals surface area (Å²) in [6.07, 6.45) is 0. The number of aryl methyl sites for hydroxylation is 1. The van der Waals surface area contributed by atoms with Crippen LogP contribution in [-0.4, -0.2) is 25.1 Å². The first-order valence-corrected chi connectivity index (χ1v) is 8.62. The summed E-state index contributed by atoms with van der Waals surface area (Å²) in [5, 5.41) is 2.69. The van der Waals surface area contributed by atoms with Gasteiger partial charge in [-0.15, -0.1) is 0 Å². The Kier molecular flexibility index (Phi) is 6.81. The number of ether oxygens (including phenoxy) is 2. The van der Waals surface area contributed by atoms with Crippen LogP contribution < -0.4 is 10.1 Å². The van der Waals surface area contributed by atoms with Crippen molar-refractivity contribution in [1.29, 1.82) is 0 Å². The molecular formula is C17H15Br2NO4. The van der Waals surface area contributed by atoms with E-state index in [1.807, 2.05) is 25.1 Å². The summed E-state index contributed by atoms with van der Waals surface area (Å²) in [6.45, 7) is 1.25. The van der Waals surface area contributed by atoms with Crippen LogP contribution in [0.1, 0.15) is 5.56 Å². The molecule has 1 N–H and O–H groups in total. The number of esters is 1. The van der Waals surface area contributed by atoms with Gasteiger partial charge in [0, 0.05) is 14.6 Å². The van der Waals surface area contributed by atoms with Crippen LogP contribution in [0, 0.1) is 6.92 Å². The van der Waals surface area contributed by atoms with Gasteiger partial charge in [0.25, 0.3) is 5.91 Å². The van der Waals surface area contributed by atoms with Crippen molar-refractivity contribution in [3.63, 3.8) is 0 Å². The lowest BCUT2D eigenvalue weighted by molar-refractivity contribution is -0.149. The number of carbonyl (C=O) groups excluding carboxylic acids is 2. The van der Waals surface area contributed by atoms with Gasteiger partial charge in [0.1, 0.15) is 5.75 Å². The average Bonchev–Trinajstić information content (AvgIpc) is 2.54. The summed E-state index contributed by atoms with van der Waals surface area (Å²) < 4.78 is 12.0. The molecule has 0 bridgehead atoms. The predicted molar refractivity (Wildman–Crippen MR) is 98.1 cm³/mol. The molecular weight excluding hydrogens is 442 g/mol. The summed E-state index contributed by atoms with van der Waals surface area (Å²) >= 11 is 6.66. The Morgan fingerprint density at radius 2 is 1.79 bits per heavy atom. The van der Waals surface area contributed by atoms with Crippen molar-refractivity contribution in [3.8, 4) is 5.75 Å². The van der Waals surface area contributed by atoms with E-state index < -0.39 is 11.9 Å². The molecule has 2 rings (SSSR count). The molecule has 0 saturated heterocycles. The fourth-order valence-corrected chi connectivity index (χ4v) is 2.69. The smallest absolute Gasteiger partial charge is 0.344 e. The second kappa shape index (κ2) is 8.84. The SMILES string of the molecule is Cc1cc(Br)ccc1NC(=O)COC(=O)COc1cccc(Br)c1. The van der Waals surface area contributed by atoms with Crippen molar-refractivity contribution in [2.75, 3.05) is 18.5 Å². The van der Waals surface area contributed by atoms with Gasteiger partial charge in [-0.05, 0) is 48.9 Å². The molecule has 0 saturated carbocycles. The van der Waals surface area contributed by atoms with Gasteiger partial charge in [-0.1, -0.05) is 37.9 Å². The zero-order valence-corrected chi connectivity index (χ0v) is 16.0. The second-order valence-corrected chi connectivity index (χ2v) is 6.75. The molecule has 0 spiro atoms. The van der Waals surface area contributed by atoms with Crippen LogP contribution in [0.25, 0.3) is 0 Å². The molecule has 0 fully saturated rings. The van der Waals surface area contributed by atoms with E-state index in [9.17, 15) is 9.59 Å². The lowest BCUT2D eigenvalue weighted by atomic mass is 10.2. The molecule has 0 unspecified atom stereocenters. The van der Waals surface area contributed by atoms with Crippen molar-refractivity contribution in [1.82, 2.24) is 0 Å². The maximum absolute atomic E-state index is 11.8. The summed E-state index contributed by atoms with van der Waals surface area (Å²) in [6, 6.07) is 12.6. The van der Waals surface area contributed by atoms with E-state index in [-0.39, 0.29) is 13.2 Å². The third-order valence-corrected chi connectivity index (χ3v) is 3.97. The van der Waals surface area contributed by atoms with Gasteiger partial charge in [0.05, 0.1) is 0 Å². The number of benzene rings is 2. The van der Waals surface area contributed by atoms with Crippen LogP contribution in [0.15, 0.2) is 51.4 Å². The Labute approximate surface area is 156 Å². The lowest BCUT2D eigenvalue weighted by Crippen LogP contribution is -2.24. The summed E-state index contributed by atoms with van der Waals surface area (Å²) in [7, 11) is 0. The lowest BCUT2D eigenvalue weighted by Gasteiger charge is -2.10. The normalized spacial score (nSPS) is 10.1. The molecule has 0 aliphatic rings. The predicted octanol–water partition coefficient (Wildman–Crippen LogP) is 4.08. The standard InChI is InChI=1S/C17H15Br2NO4/c1-11-7-13(19)5-6-15(11)20-16(21)9-24-17(22)10-23-14-4-2-3-12(18)8-14/h2-8H,9-10H2,1H3,(H,20,21). The maximum atomic E-state index is 11.8. The van der Waals surface area contributed by atoms with Gasteiger partial charge in [0.15, 0.2) is 13.2 Å². The van der Waals surface area contributed by atoms with Crippen molar-refractivity contribution in [3.05, 3.63) is 57.0 Å². The largest absolute Gasteiger partial charge is 0.482 e. The average molecular weight is 457 g/mol. The Hall–Kier alpha value is -1.86. The quantitative estimate of drug-likeness (QED) is 0.665. The molecule has 0 aliphatic heterocycles. The third-order valence-electron chi connectivity index (χ3n) is 2.98. The first-order valence-electron chi connectivity index (χ1n) is 7.04. The van der Waals surface area contributed by atoms with Crippen molar-refractivity contribution in [2.24, 2.45) is 0 Å². The van der Waals surface area contributed by atoms with Crippen LogP contribution in [-0.2, 0) is 14.3 Å². The first-order chi connectivity index (χ1) is 11.4. The second-order valence-electron chi connectivity index (χ2n) is 4.91. The number of amides is 1. The molecule has 0 aromatic heterocycles. The third kappa shape index (κ3) is 5.98. The van der Waals surface area contributed by atoms with E-state index in [0.29, 0.717) is 11.4 Å². The fourth-order valence-electron chi connectivity index (χ4n) is 1.84. The Morgan fingerprint density at radius 3 is 2.50 bits per heavy atom. The molecule has 7 heteroatoms. The summed E-state index contributed by atoms with van der Waals surface area (Å²) in [4.78, 5) is 23.5. The van der Waals surface area contributed by atoms with E-state index in [2.05, 4.69) is 37.2 Å². The highest BCUT2D eigenvalue weighted by molar-refractivity contribution is 9.10. The zero-order valence-electron chi connectivity index (χ0n) is 12.8. The van der Waals surface area contributed by atoms with Crippen molar-refractivity contribution >= 4 is 49.4 Å². The molecule has 24 heavy (non-hydrogen) atoms. The minimum atomic E-state index is -0.613. The maximum Gasteiger partial charge on any atom is 0.344 e. The number of anilines is 1. The molecule has 2 aromatic carbocycles. The fraction of sp³-hybridized carbons (Fsp3) is 0.176. The van der Waals surface area contributed by atoms with Gasteiger partial charge in [-0.2, -0.15) is 0 Å². The monoisotopic (exact) mass is 455 g/mol. The number of carbonyl (C=O) groups is 2. The van der Waals surface area contributed by atoms with Crippen molar-refractivity contribution in [2.45, 2.75) is 6.92 Å². The highest BCUT2D eigenvalue weighted by atomic mass is 79.9. The van der Waals surface area contributed by atoms with Gasteiger partial charge in [0.2, 0.25) is 0 Å². The molecule has 0 heterocycles. The van der Waals surface area contributed by atoms with Crippen LogP contribution in [0.4, 0.5) is 5.69 Å². The van der Waals surface area contributed by atoms with Gasteiger partial charge in [-0.3, -0.25) is 4.79 Å². The molecule has 0 radical (unpaired) electrons. The molecule has 2 aromatic rings. The Balaban J connectivity index is 1.75. The minimum absolute atomic E-state index is 0.263. The highest BCUT2D eigenvalue weighted by Gasteiger charge is 2.10. The molecule has 5 nitrogen and oxygen atoms in total. The number of halogens is 2. The summed E-state index contributed by atoms with van der Waals surface area (Å²) in [5.41, 5.74) is 1.58. The molecule has 0 atom stereocenters. The zero-order chi connectivity index (χ0) is 17.5. The van der Waals surface area contributed by atoms with Crippen LogP contribution in [0.5, 0.6) is 5.75 Å². The number of hydrogen-bond acceptors (Lipinski definition) is 4. The number of hydrogen-bond donors (Lipinski definition) is 1. The number of nitrogens with one attached hydrogen (secondary N) is 1. The Morgan fingerprint density at radius 1 is 1.04 bits per heavy atom. The van der Waals surface area contributed by atoms with Crippen LogP contribution >= 0.6 is 31.9 Å². The van der Waals surface area contributed by atoms with Gasteiger partial charge in [-0.25, -0.2) is 4.79 Å². The van der Waals surface area contributed by atoms with Crippen LogP contribution in [0.2, 0.25) is 0 Å². The van der Waals surface area contributed by atoms with E-state index in [1.54, 1.807) is 24.3 Å². The minimum Gasteiger partial charge on any atom is -0.482 e. The highest BCUT2D eigenvalue weighted by Crippen LogP contribution is 2.20. The van der Waals surface area contributed by atoms with E-state index in [1.165, 1.54) is 0 Å². The van der Waals surface area contributed by atoms with Gasteiger partial charge < -0.3 is 14.8 Å². The van der Waals surface area contributed by atoms with E-state index in [0.717, 1.165) is 14.5 Å². The van der Waals surface area contributed by atoms with Gasteiger partial charge >= 0.3 is 5.97 Å². The Bertz CT molecular complexity index is 749. The van der Waals surface area contributed by atoms with Crippen LogP contribution in [0.3, 0.4) is 0 Å². The molecule has 0 aliphatic carbocycles. The number of rotatable bonds is 6. The topological polar surface area (TPSA) is 64.6 Å². The summed E-state index contributed by atoms with van der Waals surface area (Å²) in [5.74, 6) is -0.481. The molecule has 1 amide bonds. The van der Waals surface area contributed by atoms with Crippen molar-refractivity contribution < 1.29 is 19.1 Å².